The van der Waals surface area contributed by atoms with Crippen molar-refractivity contribution in [1.29, 1.82) is 0 Å². The lowest BCUT2D eigenvalue weighted by molar-refractivity contribution is -0.175. The molecular weight excluding hydrogens is 492 g/mol. The van der Waals surface area contributed by atoms with Gasteiger partial charge in [0.2, 0.25) is 0 Å². The lowest BCUT2D eigenvalue weighted by Gasteiger charge is -2.48. The number of Topliss-reactive ketones (excluding diaryl/α,β-unsaturated/α-hetero) is 1. The summed E-state index contributed by atoms with van der Waals surface area (Å²) in [4.78, 5) is 51.3. The summed E-state index contributed by atoms with van der Waals surface area (Å²) in [6.07, 6.45) is -1.91. The van der Waals surface area contributed by atoms with Crippen molar-refractivity contribution in [1.82, 2.24) is 0 Å². The average molecular weight is 533 g/mol. The van der Waals surface area contributed by atoms with Crippen LogP contribution < -0.4 is 0 Å². The van der Waals surface area contributed by atoms with Crippen LogP contribution in [0.5, 0.6) is 0 Å². The van der Waals surface area contributed by atoms with Gasteiger partial charge in [0.25, 0.3) is 11.4 Å². The van der Waals surface area contributed by atoms with Crippen molar-refractivity contribution in [3.8, 4) is 0 Å². The number of ketones is 1. The highest BCUT2D eigenvalue weighted by Gasteiger charge is 2.79. The van der Waals surface area contributed by atoms with Crippen molar-refractivity contribution in [2.24, 2.45) is 0 Å². The molecule has 10 nitrogen and oxygen atoms in total. The Labute approximate surface area is 209 Å². The van der Waals surface area contributed by atoms with Gasteiger partial charge in [-0.1, -0.05) is 41.5 Å². The second-order valence-electron chi connectivity index (χ2n) is 12.2. The number of methoxy groups -OCH3 is 1. The molecule has 0 saturated carbocycles. The Bertz CT molecular complexity index is 873. The molecule has 0 amide bonds. The smallest absolute Gasteiger partial charge is 0.378 e. The predicted molar refractivity (Wildman–Crippen MR) is 131 cm³/mol. The van der Waals surface area contributed by atoms with E-state index in [-0.39, 0.29) is 10.1 Å². The van der Waals surface area contributed by atoms with Crippen molar-refractivity contribution in [3.05, 3.63) is 0 Å². The minimum atomic E-state index is -2.68. The highest BCUT2D eigenvalue weighted by atomic mass is 28.4. The van der Waals surface area contributed by atoms with Crippen LogP contribution in [0.3, 0.4) is 0 Å². The van der Waals surface area contributed by atoms with E-state index in [0.29, 0.717) is 6.29 Å². The van der Waals surface area contributed by atoms with E-state index in [1.165, 1.54) is 0 Å². The van der Waals surface area contributed by atoms with Crippen LogP contribution in [0.15, 0.2) is 0 Å². The number of rotatable bonds is 9. The zero-order valence-electron chi connectivity index (χ0n) is 22.7. The van der Waals surface area contributed by atoms with Gasteiger partial charge in [0, 0.05) is 0 Å². The summed E-state index contributed by atoms with van der Waals surface area (Å²) in [5.74, 6) is -3.66. The molecule has 0 aromatic carbocycles. The van der Waals surface area contributed by atoms with Crippen molar-refractivity contribution < 1.29 is 47.0 Å². The minimum Gasteiger partial charge on any atom is -0.463 e. The molecule has 0 N–H and O–H groups in total. The first-order valence-corrected chi connectivity index (χ1v) is 17.4. The van der Waals surface area contributed by atoms with E-state index < -0.39 is 71.2 Å². The lowest BCUT2D eigenvalue weighted by atomic mass is 9.76. The molecule has 2 aliphatic rings. The third-order valence-corrected chi connectivity index (χ3v) is 16.9. The number of carbonyl (C=O) groups excluding carboxylic acids is 4. The molecule has 12 heteroatoms. The molecule has 0 aromatic heterocycles. The second kappa shape index (κ2) is 9.45. The molecule has 200 valence electrons. The van der Waals surface area contributed by atoms with Crippen molar-refractivity contribution in [2.75, 3.05) is 20.5 Å². The van der Waals surface area contributed by atoms with Crippen LogP contribution in [0.25, 0.3) is 0 Å². The van der Waals surface area contributed by atoms with Crippen LogP contribution in [0.1, 0.15) is 41.5 Å². The maximum Gasteiger partial charge on any atom is 0.378 e. The Hall–Kier alpha value is -1.45. The van der Waals surface area contributed by atoms with Gasteiger partial charge in [-0.15, -0.1) is 0 Å². The molecule has 2 heterocycles. The molecule has 2 aliphatic heterocycles. The van der Waals surface area contributed by atoms with E-state index in [1.807, 2.05) is 67.7 Å². The predicted octanol–water partition coefficient (Wildman–Crippen LogP) is 2.75. The molecule has 0 unspecified atom stereocenters. The molecule has 0 radical (unpaired) electrons. The van der Waals surface area contributed by atoms with E-state index in [2.05, 4.69) is 4.74 Å². The Morgan fingerprint density at radius 1 is 0.971 bits per heavy atom. The Morgan fingerprint density at radius 3 is 1.94 bits per heavy atom. The fourth-order valence-corrected chi connectivity index (χ4v) is 6.17. The van der Waals surface area contributed by atoms with Crippen molar-refractivity contribution in [3.63, 3.8) is 0 Å². The van der Waals surface area contributed by atoms with Gasteiger partial charge in [-0.2, -0.15) is 0 Å². The molecule has 35 heavy (non-hydrogen) atoms. The standard InChI is InChI=1S/C23H40O10Si2/c1-20(2,3)34(8,9)32-15(12-24)17(33-35(10,11)21(4,5)6)22-13-29-19(27)23(22,31-14-30-22)16(25)18(26)28-7/h12,15,17H,13-14H2,1-11H3/t15-,17-,22-,23-/m1/s1. The molecule has 2 fully saturated rings. The van der Waals surface area contributed by atoms with Gasteiger partial charge in [-0.25, -0.2) is 9.59 Å². The van der Waals surface area contributed by atoms with Crippen LogP contribution in [0.4, 0.5) is 0 Å². The molecule has 4 atom stereocenters. The van der Waals surface area contributed by atoms with Crippen molar-refractivity contribution in [2.45, 2.75) is 101 Å². The third kappa shape index (κ3) is 4.80. The first-order chi connectivity index (χ1) is 15.7. The molecular formula is C23H40O10Si2. The van der Waals surface area contributed by atoms with Gasteiger partial charge >= 0.3 is 11.9 Å². The van der Waals surface area contributed by atoms with Crippen LogP contribution in [-0.2, 0) is 47.0 Å². The van der Waals surface area contributed by atoms with E-state index in [9.17, 15) is 19.2 Å². The summed E-state index contributed by atoms with van der Waals surface area (Å²) in [6.45, 7) is 19.0. The topological polar surface area (TPSA) is 124 Å². The van der Waals surface area contributed by atoms with Crippen LogP contribution in [0.2, 0.25) is 36.3 Å². The fraction of sp³-hybridized carbons (Fsp3) is 0.826. The molecule has 0 spiro atoms. The molecule has 0 bridgehead atoms. The Morgan fingerprint density at radius 2 is 1.49 bits per heavy atom. The number of aldehydes is 1. The summed E-state index contributed by atoms with van der Waals surface area (Å²) < 4.78 is 34.6. The van der Waals surface area contributed by atoms with Gasteiger partial charge < -0.3 is 32.6 Å². The highest BCUT2D eigenvalue weighted by Crippen LogP contribution is 2.50. The average Bonchev–Trinajstić information content (AvgIpc) is 3.24. The fourth-order valence-electron chi connectivity index (χ4n) is 3.65. The largest absolute Gasteiger partial charge is 0.463 e. The molecule has 0 aromatic rings. The summed E-state index contributed by atoms with van der Waals surface area (Å²) >= 11 is 0. The molecule has 2 rings (SSSR count). The second-order valence-corrected chi connectivity index (χ2v) is 21.7. The normalized spacial score (nSPS) is 27.1. The number of esters is 2. The van der Waals surface area contributed by atoms with E-state index in [0.717, 1.165) is 7.11 Å². The van der Waals surface area contributed by atoms with Gasteiger partial charge in [-0.05, 0) is 36.3 Å². The number of hydrogen-bond donors (Lipinski definition) is 0. The molecule has 2 saturated heterocycles. The van der Waals surface area contributed by atoms with Crippen LogP contribution >= 0.6 is 0 Å². The third-order valence-electron chi connectivity index (χ3n) is 7.94. The Kier molecular flexibility index (Phi) is 8.04. The number of fused-ring (bicyclic) bond motifs is 1. The number of cyclic esters (lactones) is 1. The van der Waals surface area contributed by atoms with Crippen molar-refractivity contribution >= 4 is 40.6 Å². The summed E-state index contributed by atoms with van der Waals surface area (Å²) in [7, 11) is -4.22. The zero-order valence-corrected chi connectivity index (χ0v) is 24.7. The first kappa shape index (κ1) is 29.8. The monoisotopic (exact) mass is 532 g/mol. The highest BCUT2D eigenvalue weighted by molar-refractivity contribution is 6.74. The van der Waals surface area contributed by atoms with E-state index in [1.54, 1.807) is 0 Å². The van der Waals surface area contributed by atoms with Gasteiger partial charge in [0.05, 0.1) is 7.11 Å². The zero-order chi connectivity index (χ0) is 27.3. The summed E-state index contributed by atoms with van der Waals surface area (Å²) in [5, 5.41) is -0.578. The van der Waals surface area contributed by atoms with Gasteiger partial charge in [0.15, 0.2) is 22.2 Å². The summed E-state index contributed by atoms with van der Waals surface area (Å²) in [5.41, 5.74) is -4.41. The van der Waals surface area contributed by atoms with Gasteiger partial charge in [-0.3, -0.25) is 4.79 Å². The van der Waals surface area contributed by atoms with E-state index >= 15 is 0 Å². The maximum atomic E-state index is 13.3. The first-order valence-electron chi connectivity index (χ1n) is 11.6. The van der Waals surface area contributed by atoms with Crippen LogP contribution in [-0.4, -0.2) is 84.6 Å². The minimum absolute atomic E-state index is 0.262. The Balaban J connectivity index is 2.76. The SMILES string of the molecule is COC(=O)C(=O)[C@]12OCO[C@@]1([C@H](O[Si](C)(C)C(C)(C)C)[C@@H](C=O)O[Si](C)(C)C(C)(C)C)COC2=O. The quantitative estimate of drug-likeness (QED) is 0.144. The summed E-state index contributed by atoms with van der Waals surface area (Å²) in [6, 6.07) is 0. The van der Waals surface area contributed by atoms with Gasteiger partial charge in [0.1, 0.15) is 31.9 Å². The maximum absolute atomic E-state index is 13.3. The van der Waals surface area contributed by atoms with E-state index in [4.69, 9.17) is 23.1 Å². The molecule has 0 aliphatic carbocycles. The number of carbonyl (C=O) groups is 4. The lowest BCUT2D eigenvalue weighted by Crippen LogP contribution is -2.71. The number of hydrogen-bond acceptors (Lipinski definition) is 10. The van der Waals surface area contributed by atoms with Crippen LogP contribution in [0, 0.1) is 0 Å². The number of ether oxygens (including phenoxy) is 4.